The first-order valence-corrected chi connectivity index (χ1v) is 10.8. The van der Waals surface area contributed by atoms with Gasteiger partial charge in [0.25, 0.3) is 0 Å². The first-order chi connectivity index (χ1) is 13.3. The molecule has 1 aliphatic heterocycles. The zero-order chi connectivity index (χ0) is 20.3. The average molecular weight is 470 g/mol. The number of halogens is 1. The summed E-state index contributed by atoms with van der Waals surface area (Å²) >= 11 is 3.53. The minimum Gasteiger partial charge on any atom is -0.490 e. The number of nitrogens with zero attached hydrogens (tertiary/aromatic N) is 3. The van der Waals surface area contributed by atoms with E-state index < -0.39 is 14.9 Å². The van der Waals surface area contributed by atoms with Crippen molar-refractivity contribution in [2.75, 3.05) is 33.3 Å². The number of methoxy groups -OCH3 is 1. The Morgan fingerprint density at radius 3 is 2.43 bits per heavy atom. The fourth-order valence-electron chi connectivity index (χ4n) is 3.12. The van der Waals surface area contributed by atoms with E-state index in [0.29, 0.717) is 26.2 Å². The van der Waals surface area contributed by atoms with E-state index in [1.165, 1.54) is 23.5 Å². The van der Waals surface area contributed by atoms with E-state index in [4.69, 9.17) is 4.74 Å². The summed E-state index contributed by atoms with van der Waals surface area (Å²) < 4.78 is 33.2. The molecule has 0 aliphatic carbocycles. The van der Waals surface area contributed by atoms with E-state index in [1.807, 2.05) is 24.3 Å². The number of benzene rings is 2. The van der Waals surface area contributed by atoms with Gasteiger partial charge in [0.05, 0.1) is 16.9 Å². The maximum atomic E-state index is 12.9. The van der Waals surface area contributed by atoms with Crippen LogP contribution in [-0.4, -0.2) is 55.8 Å². The molecule has 0 bridgehead atoms. The first-order valence-electron chi connectivity index (χ1n) is 8.61. The van der Waals surface area contributed by atoms with Gasteiger partial charge in [0.2, 0.25) is 10.0 Å². The Balaban J connectivity index is 1.72. The molecule has 0 amide bonds. The summed E-state index contributed by atoms with van der Waals surface area (Å²) in [6, 6.07) is 11.6. The third-order valence-electron chi connectivity index (χ3n) is 4.67. The van der Waals surface area contributed by atoms with Crippen LogP contribution in [0.3, 0.4) is 0 Å². The molecule has 2 aromatic carbocycles. The smallest absolute Gasteiger partial charge is 0.312 e. The molecule has 8 nitrogen and oxygen atoms in total. The number of piperazine rings is 1. The van der Waals surface area contributed by atoms with Gasteiger partial charge >= 0.3 is 5.69 Å². The van der Waals surface area contributed by atoms with Crippen LogP contribution in [0, 0.1) is 10.1 Å². The van der Waals surface area contributed by atoms with Crippen molar-refractivity contribution in [3.05, 3.63) is 62.6 Å². The lowest BCUT2D eigenvalue weighted by Crippen LogP contribution is -2.48. The lowest BCUT2D eigenvalue weighted by atomic mass is 10.2. The number of nitro groups is 1. The van der Waals surface area contributed by atoms with Crippen LogP contribution in [-0.2, 0) is 16.6 Å². The highest BCUT2D eigenvalue weighted by atomic mass is 79.9. The van der Waals surface area contributed by atoms with Crippen LogP contribution < -0.4 is 4.74 Å². The van der Waals surface area contributed by atoms with Crippen molar-refractivity contribution in [3.8, 4) is 5.75 Å². The third kappa shape index (κ3) is 4.35. The van der Waals surface area contributed by atoms with Gasteiger partial charge in [-0.25, -0.2) is 8.42 Å². The van der Waals surface area contributed by atoms with Crippen molar-refractivity contribution in [2.45, 2.75) is 11.4 Å². The lowest BCUT2D eigenvalue weighted by molar-refractivity contribution is -0.386. The van der Waals surface area contributed by atoms with Crippen LogP contribution >= 0.6 is 15.9 Å². The average Bonchev–Trinajstić information content (AvgIpc) is 2.69. The zero-order valence-electron chi connectivity index (χ0n) is 15.2. The summed E-state index contributed by atoms with van der Waals surface area (Å²) in [5.74, 6) is 0.0298. The molecule has 1 fully saturated rings. The normalized spacial score (nSPS) is 16.1. The predicted octanol–water partition coefficient (Wildman–Crippen LogP) is 2.87. The van der Waals surface area contributed by atoms with E-state index in [9.17, 15) is 18.5 Å². The molecule has 2 aromatic rings. The maximum absolute atomic E-state index is 12.9. The SMILES string of the molecule is COc1ccc(S(=O)(=O)N2CCN(Cc3ccccc3Br)CC2)cc1[N+](=O)[O-]. The second-order valence-corrected chi connectivity index (χ2v) is 9.15. The minimum absolute atomic E-state index is 0.0298. The summed E-state index contributed by atoms with van der Waals surface area (Å²) in [6.45, 7) is 2.54. The Morgan fingerprint density at radius 1 is 1.14 bits per heavy atom. The van der Waals surface area contributed by atoms with Gasteiger partial charge in [0, 0.05) is 43.3 Å². The molecule has 0 atom stereocenters. The highest BCUT2D eigenvalue weighted by Crippen LogP contribution is 2.31. The Kier molecular flexibility index (Phi) is 6.33. The van der Waals surface area contributed by atoms with E-state index in [0.717, 1.165) is 22.6 Å². The van der Waals surface area contributed by atoms with E-state index in [2.05, 4.69) is 20.8 Å². The summed E-state index contributed by atoms with van der Waals surface area (Å²) in [4.78, 5) is 12.6. The van der Waals surface area contributed by atoms with E-state index >= 15 is 0 Å². The van der Waals surface area contributed by atoms with Crippen molar-refractivity contribution in [1.29, 1.82) is 0 Å². The van der Waals surface area contributed by atoms with Gasteiger partial charge in [-0.05, 0) is 23.8 Å². The molecular formula is C18H20BrN3O5S. The Labute approximate surface area is 172 Å². The molecule has 3 rings (SSSR count). The van der Waals surface area contributed by atoms with Crippen molar-refractivity contribution in [2.24, 2.45) is 0 Å². The third-order valence-corrected chi connectivity index (χ3v) is 7.34. The van der Waals surface area contributed by atoms with E-state index in [1.54, 1.807) is 0 Å². The summed E-state index contributed by atoms with van der Waals surface area (Å²) in [6.07, 6.45) is 0. The molecule has 1 saturated heterocycles. The zero-order valence-corrected chi connectivity index (χ0v) is 17.6. The van der Waals surface area contributed by atoms with Crippen molar-refractivity contribution >= 4 is 31.6 Å². The first kappa shape index (κ1) is 20.7. The molecule has 150 valence electrons. The van der Waals surface area contributed by atoms with E-state index in [-0.39, 0.29) is 16.3 Å². The lowest BCUT2D eigenvalue weighted by Gasteiger charge is -2.34. The Morgan fingerprint density at radius 2 is 1.82 bits per heavy atom. The topological polar surface area (TPSA) is 93.0 Å². The quantitative estimate of drug-likeness (QED) is 0.476. The standard InChI is InChI=1S/C18H20BrN3O5S/c1-27-18-7-6-15(12-17(18)22(23)24)28(25,26)21-10-8-20(9-11-21)13-14-4-2-3-5-16(14)19/h2-7,12H,8-11,13H2,1H3. The number of hydrogen-bond acceptors (Lipinski definition) is 6. The van der Waals surface area contributed by atoms with Gasteiger partial charge in [0.1, 0.15) is 0 Å². The fourth-order valence-corrected chi connectivity index (χ4v) is 4.97. The van der Waals surface area contributed by atoms with Crippen molar-refractivity contribution in [1.82, 2.24) is 9.21 Å². The summed E-state index contributed by atoms with van der Waals surface area (Å²) in [5.41, 5.74) is 0.778. The highest BCUT2D eigenvalue weighted by molar-refractivity contribution is 9.10. The van der Waals surface area contributed by atoms with Gasteiger partial charge in [-0.1, -0.05) is 34.1 Å². The molecule has 1 heterocycles. The molecule has 0 unspecified atom stereocenters. The second-order valence-electron chi connectivity index (χ2n) is 6.36. The maximum Gasteiger partial charge on any atom is 0.312 e. The number of nitro benzene ring substituents is 1. The van der Waals surface area contributed by atoms with Crippen LogP contribution in [0.2, 0.25) is 0 Å². The molecule has 0 saturated carbocycles. The van der Waals surface area contributed by atoms with Crippen LogP contribution in [0.25, 0.3) is 0 Å². The van der Waals surface area contributed by atoms with Crippen molar-refractivity contribution < 1.29 is 18.1 Å². The van der Waals surface area contributed by atoms with Gasteiger partial charge in [0.15, 0.2) is 5.75 Å². The van der Waals surface area contributed by atoms with Crippen LogP contribution in [0.4, 0.5) is 5.69 Å². The summed E-state index contributed by atoms with van der Waals surface area (Å²) in [7, 11) is -2.50. The van der Waals surface area contributed by atoms with Gasteiger partial charge < -0.3 is 4.74 Å². The molecule has 0 aromatic heterocycles. The summed E-state index contributed by atoms with van der Waals surface area (Å²) in [5, 5.41) is 11.2. The number of hydrogen-bond donors (Lipinski definition) is 0. The van der Waals surface area contributed by atoms with Crippen molar-refractivity contribution in [3.63, 3.8) is 0 Å². The predicted molar refractivity (Wildman–Crippen MR) is 108 cm³/mol. The van der Waals surface area contributed by atoms with Gasteiger partial charge in [-0.2, -0.15) is 4.31 Å². The fraction of sp³-hybridized carbons (Fsp3) is 0.333. The van der Waals surface area contributed by atoms with Crippen LogP contribution in [0.15, 0.2) is 51.8 Å². The number of sulfonamides is 1. The molecule has 0 radical (unpaired) electrons. The molecule has 28 heavy (non-hydrogen) atoms. The molecule has 0 N–H and O–H groups in total. The number of rotatable bonds is 6. The molecule has 10 heteroatoms. The van der Waals surface area contributed by atoms with Crippen LogP contribution in [0.1, 0.15) is 5.56 Å². The van der Waals surface area contributed by atoms with Gasteiger partial charge in [-0.15, -0.1) is 0 Å². The number of ether oxygens (including phenoxy) is 1. The Bertz CT molecular complexity index is 975. The molecular weight excluding hydrogens is 450 g/mol. The van der Waals surface area contributed by atoms with Gasteiger partial charge in [-0.3, -0.25) is 15.0 Å². The molecule has 0 spiro atoms. The largest absolute Gasteiger partial charge is 0.490 e. The highest BCUT2D eigenvalue weighted by Gasteiger charge is 2.30. The van der Waals surface area contributed by atoms with Crippen LogP contribution in [0.5, 0.6) is 5.75 Å². The minimum atomic E-state index is -3.81. The molecule has 1 aliphatic rings. The second kappa shape index (κ2) is 8.56. The Hall–Kier alpha value is -2.01. The monoisotopic (exact) mass is 469 g/mol.